The predicted molar refractivity (Wildman–Crippen MR) is 52.7 cm³/mol. The third-order valence-electron chi connectivity index (χ3n) is 1.75. The average molecular weight is 210 g/mol. The molecule has 0 saturated carbocycles. The topological polar surface area (TPSA) is 96.4 Å². The Morgan fingerprint density at radius 2 is 2.21 bits per heavy atom. The number of nitrogens with zero attached hydrogens (tertiary/aromatic N) is 1. The van der Waals surface area contributed by atoms with E-state index in [0.29, 0.717) is 15.3 Å². The Hall–Kier alpha value is -1.82. The molecule has 0 spiro atoms. The van der Waals surface area contributed by atoms with Crippen molar-refractivity contribution in [1.82, 2.24) is 4.98 Å². The number of nitrogens with two attached hydrogens (primary N) is 1. The number of carboxylic acid groups (broad SMARTS) is 1. The van der Waals surface area contributed by atoms with Gasteiger partial charge in [-0.1, -0.05) is 11.3 Å². The first-order valence-corrected chi connectivity index (χ1v) is 4.52. The maximum atomic E-state index is 10.7. The van der Waals surface area contributed by atoms with Crippen LogP contribution in [-0.2, 0) is 0 Å². The Bertz CT molecular complexity index is 521. The van der Waals surface area contributed by atoms with Crippen LogP contribution in [0.25, 0.3) is 10.2 Å². The zero-order valence-electron chi connectivity index (χ0n) is 6.89. The lowest BCUT2D eigenvalue weighted by Gasteiger charge is -1.97. The van der Waals surface area contributed by atoms with E-state index in [4.69, 9.17) is 10.8 Å². The highest BCUT2D eigenvalue weighted by atomic mass is 32.1. The SMILES string of the molecule is Nc1nc2cc(O)c(C(=O)O)cc2s1. The predicted octanol–water partition coefficient (Wildman–Crippen LogP) is 1.28. The number of carboxylic acids is 1. The van der Waals surface area contributed by atoms with Crippen LogP contribution < -0.4 is 5.73 Å². The minimum atomic E-state index is -1.17. The van der Waals surface area contributed by atoms with Crippen molar-refractivity contribution in [2.75, 3.05) is 5.73 Å². The van der Waals surface area contributed by atoms with Crippen molar-refractivity contribution in [2.24, 2.45) is 0 Å². The molecule has 4 N–H and O–H groups in total. The lowest BCUT2D eigenvalue weighted by Crippen LogP contribution is -1.95. The van der Waals surface area contributed by atoms with Gasteiger partial charge in [-0.05, 0) is 6.07 Å². The number of carbonyl (C=O) groups is 1. The molecule has 0 fully saturated rings. The first kappa shape index (κ1) is 8.76. The Labute approximate surface area is 82.4 Å². The quantitative estimate of drug-likeness (QED) is 0.658. The fraction of sp³-hybridized carbons (Fsp3) is 0. The first-order chi connectivity index (χ1) is 6.58. The molecule has 0 unspecified atom stereocenters. The van der Waals surface area contributed by atoms with E-state index in [9.17, 15) is 9.90 Å². The average Bonchev–Trinajstić information content (AvgIpc) is 2.42. The summed E-state index contributed by atoms with van der Waals surface area (Å²) in [5, 5.41) is 18.4. The van der Waals surface area contributed by atoms with Gasteiger partial charge in [-0.2, -0.15) is 0 Å². The second kappa shape index (κ2) is 2.85. The second-order valence-corrected chi connectivity index (χ2v) is 3.76. The highest BCUT2D eigenvalue weighted by Crippen LogP contribution is 2.29. The summed E-state index contributed by atoms with van der Waals surface area (Å²) in [4.78, 5) is 14.6. The molecule has 0 aliphatic carbocycles. The van der Waals surface area contributed by atoms with Crippen molar-refractivity contribution in [3.05, 3.63) is 17.7 Å². The molecular formula is C8H6N2O3S. The molecule has 0 saturated heterocycles. The number of benzene rings is 1. The monoisotopic (exact) mass is 210 g/mol. The number of fused-ring (bicyclic) bond motifs is 1. The van der Waals surface area contributed by atoms with Gasteiger partial charge >= 0.3 is 5.97 Å². The van der Waals surface area contributed by atoms with Gasteiger partial charge in [-0.3, -0.25) is 0 Å². The number of nitrogen functional groups attached to an aromatic ring is 1. The number of aromatic hydroxyl groups is 1. The fourth-order valence-corrected chi connectivity index (χ4v) is 1.91. The van der Waals surface area contributed by atoms with Crippen LogP contribution >= 0.6 is 11.3 Å². The van der Waals surface area contributed by atoms with Crippen molar-refractivity contribution in [3.8, 4) is 5.75 Å². The molecule has 1 aromatic heterocycles. The molecule has 6 heteroatoms. The van der Waals surface area contributed by atoms with Crippen LogP contribution in [0.15, 0.2) is 12.1 Å². The molecule has 14 heavy (non-hydrogen) atoms. The van der Waals surface area contributed by atoms with Gasteiger partial charge in [-0.15, -0.1) is 0 Å². The highest BCUT2D eigenvalue weighted by Gasteiger charge is 2.12. The summed E-state index contributed by atoms with van der Waals surface area (Å²) in [7, 11) is 0. The summed E-state index contributed by atoms with van der Waals surface area (Å²) in [6, 6.07) is 2.66. The van der Waals surface area contributed by atoms with E-state index >= 15 is 0 Å². The Morgan fingerprint density at radius 1 is 1.50 bits per heavy atom. The van der Waals surface area contributed by atoms with E-state index in [-0.39, 0.29) is 11.3 Å². The van der Waals surface area contributed by atoms with Gasteiger partial charge in [0.2, 0.25) is 0 Å². The maximum absolute atomic E-state index is 10.7. The van der Waals surface area contributed by atoms with Crippen molar-refractivity contribution in [2.45, 2.75) is 0 Å². The van der Waals surface area contributed by atoms with Crippen LogP contribution in [0.4, 0.5) is 5.13 Å². The zero-order chi connectivity index (χ0) is 10.3. The number of aromatic carboxylic acids is 1. The summed E-state index contributed by atoms with van der Waals surface area (Å²) in [6.07, 6.45) is 0. The van der Waals surface area contributed by atoms with E-state index in [1.807, 2.05) is 0 Å². The number of rotatable bonds is 1. The lowest BCUT2D eigenvalue weighted by atomic mass is 10.2. The number of phenols is 1. The first-order valence-electron chi connectivity index (χ1n) is 3.70. The summed E-state index contributed by atoms with van der Waals surface area (Å²) < 4.78 is 0.651. The van der Waals surface area contributed by atoms with Gasteiger partial charge in [0, 0.05) is 6.07 Å². The summed E-state index contributed by atoms with van der Waals surface area (Å²) in [6.45, 7) is 0. The normalized spacial score (nSPS) is 10.6. The van der Waals surface area contributed by atoms with E-state index in [2.05, 4.69) is 4.98 Å². The molecule has 0 bridgehead atoms. The van der Waals surface area contributed by atoms with Crippen molar-refractivity contribution in [3.63, 3.8) is 0 Å². The minimum absolute atomic E-state index is 0.138. The molecule has 0 aliphatic heterocycles. The van der Waals surface area contributed by atoms with Crippen molar-refractivity contribution in [1.29, 1.82) is 0 Å². The van der Waals surface area contributed by atoms with E-state index in [0.717, 1.165) is 0 Å². The molecule has 0 aliphatic rings. The van der Waals surface area contributed by atoms with E-state index in [1.54, 1.807) is 0 Å². The molecule has 2 rings (SSSR count). The largest absolute Gasteiger partial charge is 0.507 e. The Kier molecular flexibility index (Phi) is 1.78. The molecule has 0 amide bonds. The molecule has 5 nitrogen and oxygen atoms in total. The van der Waals surface area contributed by atoms with Crippen LogP contribution in [0.3, 0.4) is 0 Å². The van der Waals surface area contributed by atoms with Gasteiger partial charge in [0.15, 0.2) is 5.13 Å². The molecule has 72 valence electrons. The second-order valence-electron chi connectivity index (χ2n) is 2.69. The smallest absolute Gasteiger partial charge is 0.339 e. The Morgan fingerprint density at radius 3 is 2.86 bits per heavy atom. The summed E-state index contributed by atoms with van der Waals surface area (Å²) in [5.74, 6) is -1.47. The summed E-state index contributed by atoms with van der Waals surface area (Å²) in [5.41, 5.74) is 5.82. The van der Waals surface area contributed by atoms with Gasteiger partial charge in [0.05, 0.1) is 10.2 Å². The molecular weight excluding hydrogens is 204 g/mol. The summed E-state index contributed by atoms with van der Waals surface area (Å²) >= 11 is 1.18. The molecule has 1 aromatic carbocycles. The third kappa shape index (κ3) is 1.25. The molecule has 2 aromatic rings. The van der Waals surface area contributed by atoms with Crippen LogP contribution in [0.1, 0.15) is 10.4 Å². The van der Waals surface area contributed by atoms with Crippen LogP contribution in [-0.4, -0.2) is 21.2 Å². The van der Waals surface area contributed by atoms with Crippen LogP contribution in [0.2, 0.25) is 0 Å². The third-order valence-corrected chi connectivity index (χ3v) is 2.60. The minimum Gasteiger partial charge on any atom is -0.507 e. The zero-order valence-corrected chi connectivity index (χ0v) is 7.71. The van der Waals surface area contributed by atoms with E-state index in [1.165, 1.54) is 23.5 Å². The number of hydrogen-bond acceptors (Lipinski definition) is 5. The number of aromatic nitrogens is 1. The maximum Gasteiger partial charge on any atom is 0.339 e. The molecule has 0 atom stereocenters. The lowest BCUT2D eigenvalue weighted by molar-refractivity contribution is 0.0694. The van der Waals surface area contributed by atoms with Crippen molar-refractivity contribution >= 4 is 32.7 Å². The van der Waals surface area contributed by atoms with Crippen LogP contribution in [0, 0.1) is 0 Å². The standard InChI is InChI=1S/C8H6N2O3S/c9-8-10-4-2-5(11)3(7(12)13)1-6(4)14-8/h1-2,11H,(H2,9,10)(H,12,13). The number of hydrogen-bond donors (Lipinski definition) is 3. The molecule has 0 radical (unpaired) electrons. The van der Waals surface area contributed by atoms with Gasteiger partial charge in [-0.25, -0.2) is 9.78 Å². The van der Waals surface area contributed by atoms with Crippen molar-refractivity contribution < 1.29 is 15.0 Å². The van der Waals surface area contributed by atoms with Crippen LogP contribution in [0.5, 0.6) is 5.75 Å². The molecule has 1 heterocycles. The highest BCUT2D eigenvalue weighted by molar-refractivity contribution is 7.22. The number of anilines is 1. The number of thiazole rings is 1. The Balaban J connectivity index is 2.76. The fourth-order valence-electron chi connectivity index (χ4n) is 1.15. The van der Waals surface area contributed by atoms with Gasteiger partial charge in [0.1, 0.15) is 11.3 Å². The van der Waals surface area contributed by atoms with Gasteiger partial charge < -0.3 is 15.9 Å². The van der Waals surface area contributed by atoms with E-state index < -0.39 is 5.97 Å². The van der Waals surface area contributed by atoms with Gasteiger partial charge in [0.25, 0.3) is 0 Å².